The predicted octanol–water partition coefficient (Wildman–Crippen LogP) is 4.50. The second-order valence-corrected chi connectivity index (χ2v) is 11.3. The molecule has 1 aliphatic heterocycles. The van der Waals surface area contributed by atoms with Gasteiger partial charge in [-0.2, -0.15) is 13.2 Å². The predicted molar refractivity (Wildman–Crippen MR) is 144 cm³/mol. The molecule has 8 nitrogen and oxygen atoms in total. The van der Waals surface area contributed by atoms with Crippen molar-refractivity contribution in [3.05, 3.63) is 77.9 Å². The van der Waals surface area contributed by atoms with Crippen LogP contribution < -0.4 is 15.8 Å². The average Bonchev–Trinajstić information content (AvgIpc) is 2.90. The van der Waals surface area contributed by atoms with Gasteiger partial charge in [-0.15, -0.1) is 0 Å². The van der Waals surface area contributed by atoms with Gasteiger partial charge in [-0.05, 0) is 79.5 Å². The van der Waals surface area contributed by atoms with Crippen LogP contribution >= 0.6 is 0 Å². The molecule has 1 heterocycles. The Bertz CT molecular complexity index is 1400. The van der Waals surface area contributed by atoms with Crippen LogP contribution in [0.25, 0.3) is 11.1 Å². The number of anilines is 2. The highest BCUT2D eigenvalue weighted by molar-refractivity contribution is 7.92. The first-order chi connectivity index (χ1) is 18.4. The fourth-order valence-electron chi connectivity index (χ4n) is 4.21. The summed E-state index contributed by atoms with van der Waals surface area (Å²) in [7, 11) is -3.77. The van der Waals surface area contributed by atoms with Gasteiger partial charge in [0.05, 0.1) is 17.0 Å². The monoisotopic (exact) mass is 562 g/mol. The van der Waals surface area contributed by atoms with E-state index in [1.807, 2.05) is 4.90 Å². The maximum absolute atomic E-state index is 12.8. The highest BCUT2D eigenvalue weighted by Gasteiger charge is 2.30. The number of rotatable bonds is 8. The Morgan fingerprint density at radius 2 is 1.56 bits per heavy atom. The summed E-state index contributed by atoms with van der Waals surface area (Å²) < 4.78 is 66.0. The number of amides is 1. The van der Waals surface area contributed by atoms with E-state index < -0.39 is 27.7 Å². The minimum absolute atomic E-state index is 0.0638. The Hall–Kier alpha value is -3.61. The fraction of sp³-hybridized carbons (Fsp3) is 0.296. The Labute approximate surface area is 224 Å². The Morgan fingerprint density at radius 3 is 2.15 bits per heavy atom. The molecule has 1 saturated heterocycles. The smallest absolute Gasteiger partial charge is 0.416 e. The molecule has 0 atom stereocenters. The van der Waals surface area contributed by atoms with Crippen molar-refractivity contribution in [2.75, 3.05) is 35.4 Å². The molecule has 0 aliphatic carbocycles. The third-order valence-corrected chi connectivity index (χ3v) is 7.77. The van der Waals surface area contributed by atoms with E-state index in [0.29, 0.717) is 17.7 Å². The summed E-state index contributed by atoms with van der Waals surface area (Å²) in [5.74, 6) is -0.943. The van der Waals surface area contributed by atoms with Crippen LogP contribution in [0.1, 0.15) is 28.8 Å². The topological polar surface area (TPSA) is 125 Å². The molecule has 0 saturated carbocycles. The van der Waals surface area contributed by atoms with E-state index in [-0.39, 0.29) is 34.5 Å². The summed E-state index contributed by atoms with van der Waals surface area (Å²) in [5.41, 5.74) is 6.81. The van der Waals surface area contributed by atoms with Gasteiger partial charge in [-0.1, -0.05) is 24.3 Å². The summed E-state index contributed by atoms with van der Waals surface area (Å²) >= 11 is 0. The molecule has 39 heavy (non-hydrogen) atoms. The fourth-order valence-corrected chi connectivity index (χ4v) is 5.31. The zero-order valence-electron chi connectivity index (χ0n) is 20.9. The largest absolute Gasteiger partial charge is 0.506 e. The van der Waals surface area contributed by atoms with Gasteiger partial charge in [-0.25, -0.2) is 8.42 Å². The number of aromatic hydroxyl groups is 1. The van der Waals surface area contributed by atoms with E-state index in [2.05, 4.69) is 10.0 Å². The number of hydrogen-bond acceptors (Lipinski definition) is 6. The molecule has 0 unspecified atom stereocenters. The molecular weight excluding hydrogens is 533 g/mol. The summed E-state index contributed by atoms with van der Waals surface area (Å²) in [6.07, 6.45) is -2.79. The number of nitrogens with zero attached hydrogens (tertiary/aromatic N) is 1. The normalized spacial score (nSPS) is 15.2. The summed E-state index contributed by atoms with van der Waals surface area (Å²) in [4.78, 5) is 14.8. The molecule has 0 radical (unpaired) electrons. The lowest BCUT2D eigenvalue weighted by molar-refractivity contribution is -0.137. The highest BCUT2D eigenvalue weighted by atomic mass is 32.2. The summed E-state index contributed by atoms with van der Waals surface area (Å²) in [5, 5.41) is 12.8. The van der Waals surface area contributed by atoms with Crippen molar-refractivity contribution in [3.63, 3.8) is 0 Å². The van der Waals surface area contributed by atoms with E-state index >= 15 is 0 Å². The number of piperidine rings is 1. The lowest BCUT2D eigenvalue weighted by atomic mass is 10.0. The van der Waals surface area contributed by atoms with Crippen molar-refractivity contribution in [2.24, 2.45) is 5.73 Å². The molecule has 1 aliphatic rings. The van der Waals surface area contributed by atoms with Crippen molar-refractivity contribution >= 4 is 27.3 Å². The van der Waals surface area contributed by atoms with Crippen LogP contribution in [0.5, 0.6) is 5.75 Å². The molecule has 0 spiro atoms. The van der Waals surface area contributed by atoms with E-state index in [9.17, 15) is 31.5 Å². The van der Waals surface area contributed by atoms with E-state index in [0.717, 1.165) is 38.1 Å². The number of nitrogens with two attached hydrogens (primary N) is 1. The van der Waals surface area contributed by atoms with Crippen molar-refractivity contribution in [1.29, 1.82) is 0 Å². The minimum Gasteiger partial charge on any atom is -0.506 e. The average molecular weight is 563 g/mol. The molecule has 1 amide bonds. The quantitative estimate of drug-likeness (QED) is 0.237. The number of carbonyl (C=O) groups excluding carboxylic acids is 1. The Morgan fingerprint density at radius 1 is 0.974 bits per heavy atom. The second kappa shape index (κ2) is 11.6. The third-order valence-electron chi connectivity index (χ3n) is 6.52. The van der Waals surface area contributed by atoms with Crippen molar-refractivity contribution in [2.45, 2.75) is 25.1 Å². The maximum atomic E-state index is 12.8. The molecule has 0 aromatic heterocycles. The van der Waals surface area contributed by atoms with Gasteiger partial charge in [0.2, 0.25) is 10.0 Å². The van der Waals surface area contributed by atoms with Gasteiger partial charge in [0.15, 0.2) is 0 Å². The van der Waals surface area contributed by atoms with Crippen LogP contribution in [0.3, 0.4) is 0 Å². The summed E-state index contributed by atoms with van der Waals surface area (Å²) in [6.45, 7) is 1.80. The van der Waals surface area contributed by atoms with E-state index in [1.54, 1.807) is 12.1 Å². The van der Waals surface area contributed by atoms with E-state index in [1.165, 1.54) is 42.5 Å². The number of hydrogen-bond donors (Lipinski definition) is 4. The molecule has 208 valence electrons. The van der Waals surface area contributed by atoms with Gasteiger partial charge in [0, 0.05) is 23.8 Å². The first-order valence-corrected chi connectivity index (χ1v) is 14.0. The molecule has 4 rings (SSSR count). The van der Waals surface area contributed by atoms with Gasteiger partial charge in [0.1, 0.15) is 5.75 Å². The first-order valence-electron chi connectivity index (χ1n) is 12.3. The number of nitrogens with one attached hydrogen (secondary N) is 2. The lowest BCUT2D eigenvalue weighted by Gasteiger charge is -2.29. The number of alkyl halides is 3. The zero-order chi connectivity index (χ0) is 28.2. The second-order valence-electron chi connectivity index (χ2n) is 9.44. The standard InChI is InChI=1S/C27H29F3N4O4S/c28-27(29,30)21-7-5-19(6-8-21)18-1-3-20(4-2-18)26(36)32-23-9-10-25(35)24(17-23)33-39(37,38)16-15-34-13-11-22(31)12-14-34/h1-10,17,22,33,35H,11-16,31H2,(H,32,36). The van der Waals surface area contributed by atoms with Gasteiger partial charge in [-0.3, -0.25) is 9.52 Å². The van der Waals surface area contributed by atoms with Crippen LogP contribution in [0, 0.1) is 0 Å². The third kappa shape index (κ3) is 7.71. The van der Waals surface area contributed by atoms with Crippen molar-refractivity contribution in [3.8, 4) is 16.9 Å². The molecular formula is C27H29F3N4O4S. The number of likely N-dealkylation sites (tertiary alicyclic amines) is 1. The molecule has 1 fully saturated rings. The maximum Gasteiger partial charge on any atom is 0.416 e. The Kier molecular flexibility index (Phi) is 8.48. The van der Waals surface area contributed by atoms with Crippen LogP contribution in [0.2, 0.25) is 0 Å². The van der Waals surface area contributed by atoms with Crippen LogP contribution in [0.15, 0.2) is 66.7 Å². The summed E-state index contributed by atoms with van der Waals surface area (Å²) in [6, 6.07) is 15.2. The number of halogens is 3. The van der Waals surface area contributed by atoms with Crippen molar-refractivity contribution < 1.29 is 31.5 Å². The molecule has 0 bridgehead atoms. The number of phenolic OH excluding ortho intramolecular Hbond substituents is 1. The van der Waals surface area contributed by atoms with Crippen LogP contribution in [-0.4, -0.2) is 55.8 Å². The molecule has 3 aromatic carbocycles. The number of benzene rings is 3. The number of phenols is 1. The van der Waals surface area contributed by atoms with Gasteiger partial charge in [0.25, 0.3) is 5.91 Å². The van der Waals surface area contributed by atoms with Gasteiger partial charge >= 0.3 is 6.18 Å². The number of carbonyl (C=O) groups is 1. The minimum atomic E-state index is -4.42. The van der Waals surface area contributed by atoms with Crippen molar-refractivity contribution in [1.82, 2.24) is 4.90 Å². The van der Waals surface area contributed by atoms with Gasteiger partial charge < -0.3 is 21.1 Å². The Balaban J connectivity index is 1.38. The lowest BCUT2D eigenvalue weighted by Crippen LogP contribution is -2.42. The molecule has 12 heteroatoms. The highest BCUT2D eigenvalue weighted by Crippen LogP contribution is 2.31. The molecule has 3 aromatic rings. The van der Waals surface area contributed by atoms with Crippen LogP contribution in [0.4, 0.5) is 24.5 Å². The number of sulfonamides is 1. The zero-order valence-corrected chi connectivity index (χ0v) is 21.7. The van der Waals surface area contributed by atoms with Crippen LogP contribution in [-0.2, 0) is 16.2 Å². The first kappa shape index (κ1) is 28.4. The SMILES string of the molecule is NC1CCN(CCS(=O)(=O)Nc2cc(NC(=O)c3ccc(-c4ccc(C(F)(F)F)cc4)cc3)ccc2O)CC1. The van der Waals surface area contributed by atoms with E-state index in [4.69, 9.17) is 5.73 Å². The molecule has 5 N–H and O–H groups in total.